The smallest absolute Gasteiger partial charge is 0.288 e. The lowest BCUT2D eigenvalue weighted by atomic mass is 10.2. The highest BCUT2D eigenvalue weighted by molar-refractivity contribution is 7.98. The first-order valence-electron chi connectivity index (χ1n) is 5.23. The normalized spacial score (nSPS) is 10.1. The fraction of sp³-hybridized carbons (Fsp3) is 0.400. The van der Waals surface area contributed by atoms with E-state index in [1.165, 1.54) is 0 Å². The van der Waals surface area contributed by atoms with Crippen LogP contribution in [0.5, 0.6) is 0 Å². The summed E-state index contributed by atoms with van der Waals surface area (Å²) >= 11 is 1.71. The lowest BCUT2D eigenvalue weighted by molar-refractivity contribution is -0.385. The molecule has 0 aliphatic carbocycles. The fourth-order valence-electron chi connectivity index (χ4n) is 1.31. The van der Waals surface area contributed by atoms with Crippen LogP contribution in [0.2, 0.25) is 0 Å². The highest BCUT2D eigenvalue weighted by atomic mass is 32.2. The summed E-state index contributed by atoms with van der Waals surface area (Å²) in [6, 6.07) is 1.13. The minimum absolute atomic E-state index is 0.0355. The molecule has 1 amide bonds. The summed E-state index contributed by atoms with van der Waals surface area (Å²) in [6.45, 7) is 0.631. The molecule has 0 fully saturated rings. The summed E-state index contributed by atoms with van der Waals surface area (Å²) in [5, 5.41) is 13.5. The van der Waals surface area contributed by atoms with E-state index in [2.05, 4.69) is 10.3 Å². The fourth-order valence-corrected chi connectivity index (χ4v) is 1.74. The molecule has 0 saturated carbocycles. The molecule has 8 heteroatoms. The molecule has 18 heavy (non-hydrogen) atoms. The molecule has 0 atom stereocenters. The summed E-state index contributed by atoms with van der Waals surface area (Å²) < 4.78 is 0. The van der Waals surface area contributed by atoms with Gasteiger partial charge in [0.25, 0.3) is 11.6 Å². The molecule has 0 spiro atoms. The highest BCUT2D eigenvalue weighted by Crippen LogP contribution is 2.18. The summed E-state index contributed by atoms with van der Waals surface area (Å²) in [4.78, 5) is 25.0. The molecule has 1 heterocycles. The lowest BCUT2D eigenvalue weighted by Crippen LogP contribution is -2.16. The van der Waals surface area contributed by atoms with Gasteiger partial charge in [-0.25, -0.2) is 4.98 Å². The van der Waals surface area contributed by atoms with E-state index in [1.807, 2.05) is 6.26 Å². The molecule has 98 valence electrons. The van der Waals surface area contributed by atoms with Crippen LogP contribution in [0.25, 0.3) is 0 Å². The van der Waals surface area contributed by atoms with Crippen LogP contribution >= 0.6 is 11.8 Å². The zero-order valence-electron chi connectivity index (χ0n) is 9.88. The second-order valence-corrected chi connectivity index (χ2v) is 4.47. The third kappa shape index (κ3) is 3.88. The van der Waals surface area contributed by atoms with Crippen molar-refractivity contribution in [1.29, 1.82) is 0 Å². The number of rotatable bonds is 7. The standard InChI is InChI=1S/C10H14N4O3S/c1-18-4-2-3-12-10-8(9(11)15)5-7(6-13-10)14(16)17/h5-6H,2-4H2,1H3,(H2,11,15)(H,12,13). The van der Waals surface area contributed by atoms with Gasteiger partial charge in [0.05, 0.1) is 10.5 Å². The molecule has 0 aliphatic rings. The quantitative estimate of drug-likeness (QED) is 0.438. The topological polar surface area (TPSA) is 111 Å². The van der Waals surface area contributed by atoms with Gasteiger partial charge in [0.2, 0.25) is 0 Å². The summed E-state index contributed by atoms with van der Waals surface area (Å²) in [5.74, 6) is 0.527. The number of nitrogens with one attached hydrogen (secondary N) is 1. The van der Waals surface area contributed by atoms with E-state index in [1.54, 1.807) is 11.8 Å². The van der Waals surface area contributed by atoms with Gasteiger partial charge in [-0.3, -0.25) is 14.9 Å². The van der Waals surface area contributed by atoms with Crippen molar-refractivity contribution in [3.63, 3.8) is 0 Å². The minimum Gasteiger partial charge on any atom is -0.369 e. The summed E-state index contributed by atoms with van der Waals surface area (Å²) in [6.07, 6.45) is 4.00. The van der Waals surface area contributed by atoms with Crippen molar-refractivity contribution in [2.24, 2.45) is 5.73 Å². The number of pyridine rings is 1. The third-order valence-corrected chi connectivity index (χ3v) is 2.86. The predicted octanol–water partition coefficient (Wildman–Crippen LogP) is 1.25. The van der Waals surface area contributed by atoms with Gasteiger partial charge in [-0.2, -0.15) is 11.8 Å². The molecule has 0 bridgehead atoms. The molecular weight excluding hydrogens is 256 g/mol. The van der Waals surface area contributed by atoms with Gasteiger partial charge in [0.15, 0.2) is 0 Å². The molecule has 0 aliphatic heterocycles. The first kappa shape index (κ1) is 14.2. The number of carbonyl (C=O) groups excluding carboxylic acids is 1. The molecular formula is C10H14N4O3S. The number of nitrogens with zero attached hydrogens (tertiary/aromatic N) is 2. The molecule has 7 nitrogen and oxygen atoms in total. The number of amides is 1. The zero-order chi connectivity index (χ0) is 13.5. The van der Waals surface area contributed by atoms with Crippen molar-refractivity contribution in [2.45, 2.75) is 6.42 Å². The Kier molecular flexibility index (Phi) is 5.37. The first-order chi connectivity index (χ1) is 8.56. The van der Waals surface area contributed by atoms with Crippen molar-refractivity contribution in [3.05, 3.63) is 27.9 Å². The molecule has 3 N–H and O–H groups in total. The number of nitro groups is 1. The monoisotopic (exact) mass is 270 g/mol. The van der Waals surface area contributed by atoms with E-state index < -0.39 is 10.8 Å². The average Bonchev–Trinajstić information content (AvgIpc) is 2.34. The van der Waals surface area contributed by atoms with E-state index in [-0.39, 0.29) is 17.1 Å². The Labute approximate surface area is 108 Å². The van der Waals surface area contributed by atoms with Crippen LogP contribution in [0.1, 0.15) is 16.8 Å². The molecule has 0 aromatic carbocycles. The van der Waals surface area contributed by atoms with Gasteiger partial charge in [-0.1, -0.05) is 0 Å². The molecule has 0 saturated heterocycles. The lowest BCUT2D eigenvalue weighted by Gasteiger charge is -2.08. The molecule has 0 unspecified atom stereocenters. The summed E-state index contributed by atoms with van der Waals surface area (Å²) in [7, 11) is 0. The first-order valence-corrected chi connectivity index (χ1v) is 6.62. The third-order valence-electron chi connectivity index (χ3n) is 2.17. The maximum Gasteiger partial charge on any atom is 0.288 e. The number of aromatic nitrogens is 1. The Bertz CT molecular complexity index is 453. The number of carbonyl (C=O) groups is 1. The molecule has 1 aromatic rings. The van der Waals surface area contributed by atoms with Gasteiger partial charge in [0.1, 0.15) is 12.0 Å². The van der Waals surface area contributed by atoms with Crippen LogP contribution in [0.15, 0.2) is 12.3 Å². The van der Waals surface area contributed by atoms with E-state index in [9.17, 15) is 14.9 Å². The Morgan fingerprint density at radius 3 is 2.94 bits per heavy atom. The minimum atomic E-state index is -0.737. The second-order valence-electron chi connectivity index (χ2n) is 3.48. The Morgan fingerprint density at radius 2 is 2.39 bits per heavy atom. The highest BCUT2D eigenvalue weighted by Gasteiger charge is 2.15. The Hall–Kier alpha value is -1.83. The largest absolute Gasteiger partial charge is 0.369 e. The number of primary amides is 1. The summed E-state index contributed by atoms with van der Waals surface area (Å²) in [5.41, 5.74) is 4.95. The zero-order valence-corrected chi connectivity index (χ0v) is 10.7. The van der Waals surface area contributed by atoms with Gasteiger partial charge in [-0.15, -0.1) is 0 Å². The van der Waals surface area contributed by atoms with Crippen molar-refractivity contribution in [1.82, 2.24) is 4.98 Å². The van der Waals surface area contributed by atoms with Crippen LogP contribution in [0.3, 0.4) is 0 Å². The number of hydrogen-bond donors (Lipinski definition) is 2. The van der Waals surface area contributed by atoms with Crippen LogP contribution in [0, 0.1) is 10.1 Å². The van der Waals surface area contributed by atoms with Crippen molar-refractivity contribution < 1.29 is 9.72 Å². The molecule has 0 radical (unpaired) electrons. The van der Waals surface area contributed by atoms with Crippen LogP contribution in [0.4, 0.5) is 11.5 Å². The van der Waals surface area contributed by atoms with Crippen LogP contribution < -0.4 is 11.1 Å². The SMILES string of the molecule is CSCCCNc1ncc([N+](=O)[O-])cc1C(N)=O. The maximum absolute atomic E-state index is 11.2. The van der Waals surface area contributed by atoms with Gasteiger partial charge in [-0.05, 0) is 18.4 Å². The van der Waals surface area contributed by atoms with Gasteiger partial charge in [0, 0.05) is 12.6 Å². The maximum atomic E-state index is 11.2. The van der Waals surface area contributed by atoms with E-state index in [0.717, 1.165) is 24.4 Å². The van der Waals surface area contributed by atoms with Crippen molar-refractivity contribution in [2.75, 3.05) is 23.9 Å². The van der Waals surface area contributed by atoms with Gasteiger partial charge >= 0.3 is 0 Å². The Balaban J connectivity index is 2.83. The number of nitrogens with two attached hydrogens (primary N) is 1. The van der Waals surface area contributed by atoms with Crippen molar-refractivity contribution >= 4 is 29.2 Å². The number of thioether (sulfide) groups is 1. The van der Waals surface area contributed by atoms with E-state index in [4.69, 9.17) is 5.73 Å². The van der Waals surface area contributed by atoms with Crippen LogP contribution in [-0.4, -0.2) is 34.4 Å². The van der Waals surface area contributed by atoms with Crippen LogP contribution in [-0.2, 0) is 0 Å². The number of anilines is 1. The van der Waals surface area contributed by atoms with E-state index in [0.29, 0.717) is 6.54 Å². The molecule has 1 aromatic heterocycles. The second kappa shape index (κ2) is 6.80. The van der Waals surface area contributed by atoms with Gasteiger partial charge < -0.3 is 11.1 Å². The molecule has 1 rings (SSSR count). The Morgan fingerprint density at radius 1 is 1.67 bits per heavy atom. The average molecular weight is 270 g/mol. The van der Waals surface area contributed by atoms with Crippen molar-refractivity contribution in [3.8, 4) is 0 Å². The number of hydrogen-bond acceptors (Lipinski definition) is 6. The predicted molar refractivity (Wildman–Crippen MR) is 70.9 cm³/mol. The van der Waals surface area contributed by atoms with E-state index >= 15 is 0 Å².